The lowest BCUT2D eigenvalue weighted by atomic mass is 9.50. The molecule has 1 fully saturated rings. The summed E-state index contributed by atoms with van der Waals surface area (Å²) in [7, 11) is -1.39. The van der Waals surface area contributed by atoms with Gasteiger partial charge in [-0.3, -0.25) is 0 Å². The lowest BCUT2D eigenvalue weighted by Crippen LogP contribution is -2.49. The van der Waals surface area contributed by atoms with E-state index in [0.717, 1.165) is 5.92 Å². The van der Waals surface area contributed by atoms with Gasteiger partial charge in [0.05, 0.1) is 5.76 Å². The number of hydrogen-bond acceptors (Lipinski definition) is 1. The first kappa shape index (κ1) is 10.3. The molecule has 0 saturated heterocycles. The molecule has 0 spiro atoms. The number of hydrogen-bond donors (Lipinski definition) is 0. The minimum Gasteiger partial charge on any atom is -0.547 e. The van der Waals surface area contributed by atoms with Crippen molar-refractivity contribution in [2.45, 2.75) is 46.3 Å². The Morgan fingerprint density at radius 3 is 2.43 bits per heavy atom. The van der Waals surface area contributed by atoms with E-state index in [1.807, 2.05) is 0 Å². The highest BCUT2D eigenvalue weighted by atomic mass is 28.4. The van der Waals surface area contributed by atoms with E-state index in [-0.39, 0.29) is 0 Å². The Morgan fingerprint density at radius 2 is 2.00 bits per heavy atom. The molecule has 80 valence electrons. The predicted molar refractivity (Wildman–Crippen MR) is 62.5 cm³/mol. The number of rotatable bonds is 2. The van der Waals surface area contributed by atoms with Gasteiger partial charge in [0.2, 0.25) is 8.32 Å². The predicted octanol–water partition coefficient (Wildman–Crippen LogP) is 3.79. The molecule has 2 atom stereocenters. The Morgan fingerprint density at radius 1 is 1.36 bits per heavy atom. The van der Waals surface area contributed by atoms with Crippen LogP contribution in [0, 0.1) is 17.3 Å². The second kappa shape index (κ2) is 2.88. The summed E-state index contributed by atoms with van der Waals surface area (Å²) in [5.41, 5.74) is 0.504. The average molecular weight is 210 g/mol. The molecule has 2 unspecified atom stereocenters. The van der Waals surface area contributed by atoms with Gasteiger partial charge in [-0.1, -0.05) is 13.8 Å². The Hall–Kier alpha value is -0.243. The Labute approximate surface area is 88.7 Å². The summed E-state index contributed by atoms with van der Waals surface area (Å²) < 4.78 is 6.16. The van der Waals surface area contributed by atoms with Crippen molar-refractivity contribution in [2.24, 2.45) is 17.3 Å². The maximum absolute atomic E-state index is 6.16. The Balaban J connectivity index is 2.11. The van der Waals surface area contributed by atoms with Gasteiger partial charge in [0.1, 0.15) is 0 Å². The van der Waals surface area contributed by atoms with Gasteiger partial charge in [0.15, 0.2) is 0 Å². The molecule has 1 saturated carbocycles. The molecule has 3 rings (SSSR count). The molecule has 2 heteroatoms. The van der Waals surface area contributed by atoms with Gasteiger partial charge in [-0.25, -0.2) is 0 Å². The van der Waals surface area contributed by atoms with Crippen molar-refractivity contribution < 1.29 is 4.43 Å². The summed E-state index contributed by atoms with van der Waals surface area (Å²) in [4.78, 5) is 0. The van der Waals surface area contributed by atoms with Gasteiger partial charge in [-0.15, -0.1) is 0 Å². The molecule has 0 heterocycles. The van der Waals surface area contributed by atoms with E-state index in [1.165, 1.54) is 18.6 Å². The molecule has 2 bridgehead atoms. The van der Waals surface area contributed by atoms with Gasteiger partial charge in [-0.05, 0) is 49.9 Å². The molecule has 0 aliphatic heterocycles. The molecule has 3 aliphatic rings. The van der Waals surface area contributed by atoms with Crippen molar-refractivity contribution >= 4 is 8.32 Å². The SMILES string of the molecule is CC1(C)C2CC=C(O[Si](C)(C)C)C1C2. The highest BCUT2D eigenvalue weighted by Gasteiger charge is 2.52. The molecule has 3 aliphatic carbocycles. The van der Waals surface area contributed by atoms with Crippen molar-refractivity contribution in [2.75, 3.05) is 0 Å². The van der Waals surface area contributed by atoms with Crippen molar-refractivity contribution in [1.29, 1.82) is 0 Å². The van der Waals surface area contributed by atoms with Crippen molar-refractivity contribution in [3.63, 3.8) is 0 Å². The van der Waals surface area contributed by atoms with Crippen LogP contribution in [0.4, 0.5) is 0 Å². The average Bonchev–Trinajstić information content (AvgIpc) is 2.00. The third kappa shape index (κ3) is 1.54. The smallest absolute Gasteiger partial charge is 0.241 e. The van der Waals surface area contributed by atoms with Crippen LogP contribution < -0.4 is 0 Å². The molecule has 14 heavy (non-hydrogen) atoms. The van der Waals surface area contributed by atoms with Crippen molar-refractivity contribution in [1.82, 2.24) is 0 Å². The highest BCUT2D eigenvalue weighted by molar-refractivity contribution is 6.70. The first-order valence-corrected chi connectivity index (χ1v) is 9.10. The minimum atomic E-state index is -1.39. The van der Waals surface area contributed by atoms with Gasteiger partial charge in [-0.2, -0.15) is 0 Å². The zero-order chi connectivity index (χ0) is 10.6. The topological polar surface area (TPSA) is 9.23 Å². The van der Waals surface area contributed by atoms with Gasteiger partial charge in [0, 0.05) is 5.92 Å². The molecule has 0 aromatic heterocycles. The summed E-state index contributed by atoms with van der Waals surface area (Å²) in [6.07, 6.45) is 4.95. The summed E-state index contributed by atoms with van der Waals surface area (Å²) in [5.74, 6) is 2.95. The second-order valence-corrected chi connectivity index (χ2v) is 10.8. The lowest BCUT2D eigenvalue weighted by Gasteiger charge is -2.56. The minimum absolute atomic E-state index is 0.504. The van der Waals surface area contributed by atoms with Gasteiger partial charge >= 0.3 is 0 Å². The summed E-state index contributed by atoms with van der Waals surface area (Å²) in [5, 5.41) is 0. The third-order valence-corrected chi connectivity index (χ3v) is 4.69. The van der Waals surface area contributed by atoms with Crippen LogP contribution in [0.2, 0.25) is 19.6 Å². The van der Waals surface area contributed by atoms with Crippen LogP contribution in [-0.4, -0.2) is 8.32 Å². The maximum Gasteiger partial charge on any atom is 0.241 e. The van der Waals surface area contributed by atoms with Crippen LogP contribution in [0.25, 0.3) is 0 Å². The zero-order valence-corrected chi connectivity index (χ0v) is 11.1. The number of fused-ring (bicyclic) bond motifs is 1. The van der Waals surface area contributed by atoms with Crippen LogP contribution in [-0.2, 0) is 4.43 Å². The van der Waals surface area contributed by atoms with Crippen LogP contribution in [0.15, 0.2) is 11.8 Å². The molecule has 0 aromatic carbocycles. The fourth-order valence-corrected chi connectivity index (χ4v) is 3.70. The Bertz CT molecular complexity index is 273. The van der Waals surface area contributed by atoms with Crippen molar-refractivity contribution in [3.8, 4) is 0 Å². The van der Waals surface area contributed by atoms with E-state index in [0.29, 0.717) is 11.3 Å². The van der Waals surface area contributed by atoms with Crippen LogP contribution in [0.5, 0.6) is 0 Å². The van der Waals surface area contributed by atoms with Crippen molar-refractivity contribution in [3.05, 3.63) is 11.8 Å². The monoisotopic (exact) mass is 210 g/mol. The molecular formula is C12H22OSi. The van der Waals surface area contributed by atoms with Crippen LogP contribution in [0.3, 0.4) is 0 Å². The zero-order valence-electron chi connectivity index (χ0n) is 10.1. The molecule has 0 radical (unpaired) electrons. The first-order valence-electron chi connectivity index (χ1n) is 5.70. The lowest BCUT2D eigenvalue weighted by molar-refractivity contribution is -0.0301. The standard InChI is InChI=1S/C12H22OSi/c1-12(2)9-6-7-11(10(12)8-9)13-14(3,4)5/h7,9-10H,6,8H2,1-5H3. The molecule has 1 nitrogen and oxygen atoms in total. The normalized spacial score (nSPS) is 34.5. The fourth-order valence-electron chi connectivity index (χ4n) is 2.77. The van der Waals surface area contributed by atoms with E-state index in [4.69, 9.17) is 4.43 Å². The van der Waals surface area contributed by atoms with E-state index in [9.17, 15) is 0 Å². The maximum atomic E-state index is 6.16. The quantitative estimate of drug-likeness (QED) is 0.630. The second-order valence-electron chi connectivity index (χ2n) is 6.36. The molecule has 0 amide bonds. The van der Waals surface area contributed by atoms with E-state index < -0.39 is 8.32 Å². The fraction of sp³-hybridized carbons (Fsp3) is 0.833. The Kier molecular flexibility index (Phi) is 2.11. The molecule has 0 N–H and O–H groups in total. The van der Waals surface area contributed by atoms with Crippen LogP contribution in [0.1, 0.15) is 26.7 Å². The number of allylic oxidation sites excluding steroid dienone is 2. The third-order valence-electron chi connectivity index (χ3n) is 3.84. The highest BCUT2D eigenvalue weighted by Crippen LogP contribution is 2.59. The van der Waals surface area contributed by atoms with E-state index in [1.54, 1.807) is 0 Å². The van der Waals surface area contributed by atoms with E-state index in [2.05, 4.69) is 39.6 Å². The van der Waals surface area contributed by atoms with Gasteiger partial charge in [0.25, 0.3) is 0 Å². The molecular weight excluding hydrogens is 188 g/mol. The van der Waals surface area contributed by atoms with Crippen LogP contribution >= 0.6 is 0 Å². The van der Waals surface area contributed by atoms with Gasteiger partial charge < -0.3 is 4.43 Å². The van der Waals surface area contributed by atoms with E-state index >= 15 is 0 Å². The first-order chi connectivity index (χ1) is 6.31. The summed E-state index contributed by atoms with van der Waals surface area (Å²) in [6, 6.07) is 0. The summed E-state index contributed by atoms with van der Waals surface area (Å²) >= 11 is 0. The largest absolute Gasteiger partial charge is 0.547 e. The summed E-state index contributed by atoms with van der Waals surface area (Å²) in [6.45, 7) is 11.6. The molecule has 0 aromatic rings.